The molecule has 4 aliphatic rings. The third-order valence-corrected chi connectivity index (χ3v) is 9.82. The maximum absolute atomic E-state index is 13.1. The summed E-state index contributed by atoms with van der Waals surface area (Å²) in [6.45, 7) is 3.87. The van der Waals surface area contributed by atoms with Gasteiger partial charge < -0.3 is 34.8 Å². The number of likely N-dealkylation sites (N-methyl/N-ethyl adjacent to an activating group) is 1. The van der Waals surface area contributed by atoms with Crippen molar-refractivity contribution >= 4 is 12.0 Å². The molecule has 3 aromatic rings. The quantitative estimate of drug-likeness (QED) is 0.327. The zero-order valence-corrected chi connectivity index (χ0v) is 25.2. The Balaban J connectivity index is 1.33. The minimum atomic E-state index is -0.907. The Labute approximate surface area is 256 Å². The summed E-state index contributed by atoms with van der Waals surface area (Å²) in [5.74, 6) is 1.37. The number of carbonyl (C=O) groups is 1. The summed E-state index contributed by atoms with van der Waals surface area (Å²) in [5.41, 5.74) is 5.46. The van der Waals surface area contributed by atoms with Gasteiger partial charge in [-0.25, -0.2) is 0 Å². The minimum Gasteiger partial charge on any atom is -0.507 e. The molecule has 1 fully saturated rings. The highest BCUT2D eigenvalue weighted by Gasteiger charge is 2.56. The first-order valence-electron chi connectivity index (χ1n) is 14.9. The molecule has 10 nitrogen and oxygen atoms in total. The molecule has 1 amide bonds. The predicted molar refractivity (Wildman–Crippen MR) is 163 cm³/mol. The molecule has 10 heteroatoms. The number of hydrogen-bond acceptors (Lipinski definition) is 9. The number of aliphatic hydroxyl groups excluding tert-OH is 1. The molecule has 230 valence electrons. The van der Waals surface area contributed by atoms with Crippen LogP contribution in [0.15, 0.2) is 42.5 Å². The number of phenols is 2. The summed E-state index contributed by atoms with van der Waals surface area (Å²) in [4.78, 5) is 17.2. The van der Waals surface area contributed by atoms with E-state index in [0.717, 1.165) is 22.3 Å². The van der Waals surface area contributed by atoms with Crippen molar-refractivity contribution in [2.24, 2.45) is 0 Å². The molecular weight excluding hydrogens is 562 g/mol. The molecule has 4 N–H and O–H groups in total. The number of carbonyl (C=O) groups excluding carboxylic acids is 1. The number of fused-ring (bicyclic) bond motifs is 9. The molecule has 7 rings (SSSR count). The lowest BCUT2D eigenvalue weighted by atomic mass is 9.73. The fourth-order valence-electron chi connectivity index (χ4n) is 7.84. The number of nitrogens with zero attached hydrogens (tertiary/aromatic N) is 2. The molecule has 3 aromatic carbocycles. The molecule has 2 bridgehead atoms. The fraction of sp³-hybridized carbons (Fsp3) is 0.382. The number of hydrogen-bond donors (Lipinski definition) is 4. The first-order valence-corrected chi connectivity index (χ1v) is 14.9. The van der Waals surface area contributed by atoms with Crippen LogP contribution in [-0.2, 0) is 17.6 Å². The van der Waals surface area contributed by atoms with Crippen molar-refractivity contribution in [1.29, 1.82) is 0 Å². The number of phenolic OH excluding ortho intramolecular Hbond substituents is 2. The lowest BCUT2D eigenvalue weighted by Gasteiger charge is -2.60. The second-order valence-corrected chi connectivity index (χ2v) is 12.1. The second kappa shape index (κ2) is 10.7. The average Bonchev–Trinajstić information content (AvgIpc) is 3.51. The van der Waals surface area contributed by atoms with Gasteiger partial charge in [-0.2, -0.15) is 0 Å². The summed E-state index contributed by atoms with van der Waals surface area (Å²) in [5, 5.41) is 38.2. The maximum atomic E-state index is 13.1. The highest BCUT2D eigenvalue weighted by Crippen LogP contribution is 2.57. The largest absolute Gasteiger partial charge is 0.507 e. The first kappa shape index (κ1) is 28.5. The third-order valence-electron chi connectivity index (χ3n) is 9.82. The van der Waals surface area contributed by atoms with Gasteiger partial charge in [0.15, 0.2) is 23.0 Å². The van der Waals surface area contributed by atoms with Gasteiger partial charge in [-0.3, -0.25) is 14.6 Å². The summed E-state index contributed by atoms with van der Waals surface area (Å²) in [6, 6.07) is 10.1. The van der Waals surface area contributed by atoms with Crippen LogP contribution in [0.5, 0.6) is 28.7 Å². The van der Waals surface area contributed by atoms with Crippen molar-refractivity contribution < 1.29 is 34.3 Å². The van der Waals surface area contributed by atoms with Crippen LogP contribution in [0.3, 0.4) is 0 Å². The molecule has 0 radical (unpaired) electrons. The van der Waals surface area contributed by atoms with Crippen LogP contribution >= 0.6 is 0 Å². The van der Waals surface area contributed by atoms with Gasteiger partial charge in [-0.15, -0.1) is 0 Å². The Morgan fingerprint density at radius 2 is 1.82 bits per heavy atom. The topological polar surface area (TPSA) is 124 Å². The monoisotopic (exact) mass is 599 g/mol. The molecule has 0 spiro atoms. The van der Waals surface area contributed by atoms with Crippen molar-refractivity contribution in [3.05, 3.63) is 81.4 Å². The molecule has 0 saturated carbocycles. The lowest BCUT2D eigenvalue weighted by Crippen LogP contribution is -2.69. The molecule has 1 unspecified atom stereocenters. The van der Waals surface area contributed by atoms with Crippen LogP contribution < -0.4 is 19.5 Å². The van der Waals surface area contributed by atoms with E-state index in [4.69, 9.17) is 14.2 Å². The number of nitrogens with one attached hydrogen (secondary N) is 1. The molecular formula is C34H37N3O7. The average molecular weight is 600 g/mol. The SMILES string of the molecule is COc1c(C)cc2c(c1O)[C@@H]1C3Cc4c(O)c(C)c5c(c4[C@H](CNC(=O)/C=C/c4ccccc4)N3[C@@H](O)[C@H](C2)N1C)OCO5. The molecule has 0 aromatic heterocycles. The van der Waals surface area contributed by atoms with Crippen LogP contribution in [0, 0.1) is 13.8 Å². The van der Waals surface area contributed by atoms with E-state index in [-0.39, 0.29) is 48.9 Å². The van der Waals surface area contributed by atoms with Crippen LogP contribution in [0.25, 0.3) is 6.08 Å². The lowest BCUT2D eigenvalue weighted by molar-refractivity contribution is -0.172. The zero-order valence-electron chi connectivity index (χ0n) is 25.2. The number of methoxy groups -OCH3 is 1. The number of aromatic hydroxyl groups is 2. The van der Waals surface area contributed by atoms with E-state index in [1.165, 1.54) is 6.08 Å². The number of aryl methyl sites for hydroxylation is 1. The Bertz CT molecular complexity index is 1670. The second-order valence-electron chi connectivity index (χ2n) is 12.1. The predicted octanol–water partition coefficient (Wildman–Crippen LogP) is 3.48. The van der Waals surface area contributed by atoms with E-state index < -0.39 is 12.3 Å². The highest BCUT2D eigenvalue weighted by atomic mass is 16.7. The maximum Gasteiger partial charge on any atom is 0.244 e. The normalized spacial score (nSPS) is 25.3. The number of rotatable bonds is 5. The van der Waals surface area contributed by atoms with E-state index in [2.05, 4.69) is 10.2 Å². The number of benzene rings is 3. The Kier molecular flexibility index (Phi) is 6.95. The smallest absolute Gasteiger partial charge is 0.244 e. The van der Waals surface area contributed by atoms with Gasteiger partial charge in [0.25, 0.3) is 0 Å². The van der Waals surface area contributed by atoms with E-state index >= 15 is 0 Å². The van der Waals surface area contributed by atoms with Crippen LogP contribution in [0.4, 0.5) is 0 Å². The van der Waals surface area contributed by atoms with Gasteiger partial charge >= 0.3 is 0 Å². The number of ether oxygens (including phenoxy) is 3. The van der Waals surface area contributed by atoms with Crippen LogP contribution in [0.1, 0.15) is 51.0 Å². The molecule has 1 saturated heterocycles. The standard InChI is InChI=1S/C34H37N3O7/c1-17-12-20-13-23-34(41)37-22(28(36(23)3)26(20)30(40)31(17)42-4)14-21-27(33-32(43-16-44-33)18(2)29(21)39)24(37)15-35-25(38)11-10-19-8-6-5-7-9-19/h5-12,22-24,28,34,39-41H,13-16H2,1-4H3,(H,35,38)/b11-10+/t22?,23-,24-,28-,34-/m0/s1. The third kappa shape index (κ3) is 4.23. The summed E-state index contributed by atoms with van der Waals surface area (Å²) in [7, 11) is 3.52. The fourth-order valence-corrected chi connectivity index (χ4v) is 7.84. The van der Waals surface area contributed by atoms with Gasteiger partial charge in [0, 0.05) is 40.9 Å². The Morgan fingerprint density at radius 3 is 2.57 bits per heavy atom. The summed E-state index contributed by atoms with van der Waals surface area (Å²) in [6.07, 6.45) is 3.24. The summed E-state index contributed by atoms with van der Waals surface area (Å²) >= 11 is 0. The van der Waals surface area contributed by atoms with Crippen LogP contribution in [-0.4, -0.2) is 76.8 Å². The van der Waals surface area contributed by atoms with Gasteiger partial charge in [0.2, 0.25) is 12.7 Å². The summed E-state index contributed by atoms with van der Waals surface area (Å²) < 4.78 is 17.4. The molecule has 44 heavy (non-hydrogen) atoms. The van der Waals surface area contributed by atoms with E-state index in [9.17, 15) is 20.1 Å². The van der Waals surface area contributed by atoms with Crippen molar-refractivity contribution in [1.82, 2.24) is 15.1 Å². The van der Waals surface area contributed by atoms with E-state index in [1.54, 1.807) is 20.1 Å². The molecule has 5 atom stereocenters. The van der Waals surface area contributed by atoms with Crippen molar-refractivity contribution in [2.75, 3.05) is 27.5 Å². The van der Waals surface area contributed by atoms with Crippen molar-refractivity contribution in [3.8, 4) is 28.7 Å². The Hall–Kier alpha value is -4.25. The van der Waals surface area contributed by atoms with Crippen molar-refractivity contribution in [3.63, 3.8) is 0 Å². The van der Waals surface area contributed by atoms with Gasteiger partial charge in [0.05, 0.1) is 25.2 Å². The molecule has 4 aliphatic heterocycles. The van der Waals surface area contributed by atoms with Crippen molar-refractivity contribution in [2.45, 2.75) is 57.1 Å². The van der Waals surface area contributed by atoms with Gasteiger partial charge in [-0.05, 0) is 56.5 Å². The molecule has 0 aliphatic carbocycles. The molecule has 4 heterocycles. The van der Waals surface area contributed by atoms with Crippen LogP contribution in [0.2, 0.25) is 0 Å². The highest BCUT2D eigenvalue weighted by molar-refractivity contribution is 5.91. The van der Waals surface area contributed by atoms with E-state index in [0.29, 0.717) is 46.8 Å². The Morgan fingerprint density at radius 1 is 1.07 bits per heavy atom. The van der Waals surface area contributed by atoms with E-state index in [1.807, 2.05) is 55.3 Å². The number of piperazine rings is 1. The van der Waals surface area contributed by atoms with Gasteiger partial charge in [0.1, 0.15) is 12.0 Å². The zero-order chi connectivity index (χ0) is 30.9. The first-order chi connectivity index (χ1) is 21.2. The number of aliphatic hydroxyl groups is 1. The van der Waals surface area contributed by atoms with Gasteiger partial charge in [-0.1, -0.05) is 36.4 Å². The number of amides is 1. The minimum absolute atomic E-state index is 0.0192.